The van der Waals surface area contributed by atoms with Gasteiger partial charge in [-0.15, -0.1) is 0 Å². The number of rotatable bonds is 5. The second-order valence-corrected chi connectivity index (χ2v) is 11.5. The van der Waals surface area contributed by atoms with Crippen LogP contribution in [0.2, 0.25) is 0 Å². The first-order valence-electron chi connectivity index (χ1n) is 11.4. The van der Waals surface area contributed by atoms with E-state index in [0.29, 0.717) is 37.4 Å². The van der Waals surface area contributed by atoms with E-state index in [4.69, 9.17) is 9.47 Å². The van der Waals surface area contributed by atoms with E-state index in [9.17, 15) is 13.2 Å². The number of ether oxygens (including phenoxy) is 2. The zero-order valence-corrected chi connectivity index (χ0v) is 21.6. The Morgan fingerprint density at radius 3 is 2.23 bits per heavy atom. The fourth-order valence-electron chi connectivity index (χ4n) is 4.62. The molecular weight excluding hydrogens is 532 g/mol. The maximum absolute atomic E-state index is 13.3. The predicted molar refractivity (Wildman–Crippen MR) is 136 cm³/mol. The third-order valence-electron chi connectivity index (χ3n) is 6.41. The van der Waals surface area contributed by atoms with Crippen LogP contribution in [0.5, 0.6) is 11.5 Å². The van der Waals surface area contributed by atoms with Crippen molar-refractivity contribution in [1.82, 2.24) is 4.31 Å². The number of halogens is 1. The number of carbonyl (C=O) groups is 1. The van der Waals surface area contributed by atoms with Gasteiger partial charge in [-0.25, -0.2) is 13.2 Å². The van der Waals surface area contributed by atoms with Gasteiger partial charge in [0.15, 0.2) is 0 Å². The molecule has 0 bridgehead atoms. The molecule has 0 aromatic heterocycles. The number of benzene rings is 3. The summed E-state index contributed by atoms with van der Waals surface area (Å²) < 4.78 is 40.2. The molecular formula is C26H25BrN2O5S. The molecule has 0 N–H and O–H groups in total. The summed E-state index contributed by atoms with van der Waals surface area (Å²) in [4.78, 5) is 14.6. The Hall–Kier alpha value is -2.88. The molecule has 182 valence electrons. The Balaban J connectivity index is 1.27. The van der Waals surface area contributed by atoms with Crippen LogP contribution in [0.25, 0.3) is 0 Å². The molecule has 2 aliphatic rings. The topological polar surface area (TPSA) is 76.2 Å². The van der Waals surface area contributed by atoms with Gasteiger partial charge < -0.3 is 9.47 Å². The zero-order valence-electron chi connectivity index (χ0n) is 19.2. The average molecular weight is 557 g/mol. The number of piperidine rings is 1. The molecule has 7 nitrogen and oxygen atoms in total. The number of anilines is 1. The maximum Gasteiger partial charge on any atom is 0.414 e. The summed E-state index contributed by atoms with van der Waals surface area (Å²) in [6, 6.07) is 19.6. The van der Waals surface area contributed by atoms with Crippen LogP contribution in [-0.2, 0) is 21.4 Å². The number of nitrogens with zero attached hydrogens (tertiary/aromatic N) is 2. The first kappa shape index (κ1) is 23.8. The molecule has 0 radical (unpaired) electrons. The summed E-state index contributed by atoms with van der Waals surface area (Å²) in [5.74, 6) is 1.22. The van der Waals surface area contributed by atoms with Crippen LogP contribution in [-0.4, -0.2) is 37.9 Å². The molecule has 2 aliphatic heterocycles. The molecule has 3 aromatic rings. The SMILES string of the molecule is Cc1cccc2c1N(C1CCN(S(=O)(=O)c3ccc(Oc4ccc(Br)cc4)cc3)CC1)C(=O)OC2. The van der Waals surface area contributed by atoms with E-state index in [-0.39, 0.29) is 23.6 Å². The fraction of sp³-hybridized carbons (Fsp3) is 0.269. The van der Waals surface area contributed by atoms with Crippen LogP contribution in [0.15, 0.2) is 76.1 Å². The van der Waals surface area contributed by atoms with Crippen molar-refractivity contribution in [2.45, 2.75) is 37.3 Å². The lowest BCUT2D eigenvalue weighted by Gasteiger charge is -2.40. The molecule has 5 rings (SSSR count). The van der Waals surface area contributed by atoms with E-state index in [1.165, 1.54) is 4.31 Å². The van der Waals surface area contributed by atoms with Crippen molar-refractivity contribution in [1.29, 1.82) is 0 Å². The Morgan fingerprint density at radius 1 is 0.943 bits per heavy atom. The van der Waals surface area contributed by atoms with Crippen LogP contribution in [0.4, 0.5) is 10.5 Å². The summed E-state index contributed by atoms with van der Waals surface area (Å²) in [6.07, 6.45) is 0.703. The number of hydrogen-bond acceptors (Lipinski definition) is 5. The average Bonchev–Trinajstić information content (AvgIpc) is 2.86. The van der Waals surface area contributed by atoms with E-state index in [0.717, 1.165) is 21.3 Å². The van der Waals surface area contributed by atoms with E-state index in [1.54, 1.807) is 29.2 Å². The first-order valence-corrected chi connectivity index (χ1v) is 13.6. The number of sulfonamides is 1. The zero-order chi connectivity index (χ0) is 24.6. The molecule has 9 heteroatoms. The van der Waals surface area contributed by atoms with E-state index in [2.05, 4.69) is 15.9 Å². The van der Waals surface area contributed by atoms with Gasteiger partial charge in [-0.2, -0.15) is 4.31 Å². The van der Waals surface area contributed by atoms with Crippen molar-refractivity contribution in [2.75, 3.05) is 18.0 Å². The molecule has 1 saturated heterocycles. The molecule has 0 atom stereocenters. The van der Waals surface area contributed by atoms with Crippen LogP contribution in [0.3, 0.4) is 0 Å². The maximum atomic E-state index is 13.3. The van der Waals surface area contributed by atoms with E-state index in [1.807, 2.05) is 49.4 Å². The monoisotopic (exact) mass is 556 g/mol. The Bertz CT molecular complexity index is 1340. The highest BCUT2D eigenvalue weighted by Gasteiger charge is 2.37. The predicted octanol–water partition coefficient (Wildman–Crippen LogP) is 5.86. The minimum absolute atomic E-state index is 0.115. The van der Waals surface area contributed by atoms with Gasteiger partial charge >= 0.3 is 6.09 Å². The number of carbonyl (C=O) groups excluding carboxylic acids is 1. The van der Waals surface area contributed by atoms with Crippen molar-refractivity contribution < 1.29 is 22.7 Å². The van der Waals surface area contributed by atoms with Gasteiger partial charge in [-0.05, 0) is 73.9 Å². The van der Waals surface area contributed by atoms with Crippen LogP contribution in [0.1, 0.15) is 24.0 Å². The summed E-state index contributed by atoms with van der Waals surface area (Å²) in [7, 11) is -3.66. The van der Waals surface area contributed by atoms with Crippen LogP contribution >= 0.6 is 15.9 Å². The summed E-state index contributed by atoms with van der Waals surface area (Å²) >= 11 is 3.39. The Kier molecular flexibility index (Phi) is 6.57. The standard InChI is InChI=1S/C26H25BrN2O5S/c1-18-3-2-4-19-17-33-26(30)29(25(18)19)21-13-15-28(16-14-21)35(31,32)24-11-9-23(10-12-24)34-22-7-5-20(27)6-8-22/h2-12,21H,13-17H2,1H3. The number of aryl methyl sites for hydroxylation is 1. The van der Waals surface area contributed by atoms with E-state index >= 15 is 0 Å². The van der Waals surface area contributed by atoms with E-state index < -0.39 is 10.0 Å². The van der Waals surface area contributed by atoms with Crippen LogP contribution < -0.4 is 9.64 Å². The van der Waals surface area contributed by atoms with Gasteiger partial charge in [0.05, 0.1) is 10.6 Å². The lowest BCUT2D eigenvalue weighted by Crippen LogP contribution is -2.50. The van der Waals surface area contributed by atoms with Crippen molar-refractivity contribution in [3.63, 3.8) is 0 Å². The van der Waals surface area contributed by atoms with Crippen molar-refractivity contribution in [3.8, 4) is 11.5 Å². The van der Waals surface area contributed by atoms with Gasteiger partial charge in [0.25, 0.3) is 0 Å². The van der Waals surface area contributed by atoms with Gasteiger partial charge in [0, 0.05) is 29.2 Å². The van der Waals surface area contributed by atoms with Crippen molar-refractivity contribution in [3.05, 3.63) is 82.3 Å². The number of hydrogen-bond donors (Lipinski definition) is 0. The minimum Gasteiger partial charge on any atom is -0.457 e. The summed E-state index contributed by atoms with van der Waals surface area (Å²) in [5.41, 5.74) is 2.89. The molecule has 2 heterocycles. The molecule has 0 aliphatic carbocycles. The number of cyclic esters (lactones) is 1. The molecule has 0 unspecified atom stereocenters. The highest BCUT2D eigenvalue weighted by atomic mass is 79.9. The highest BCUT2D eigenvalue weighted by Crippen LogP contribution is 2.35. The summed E-state index contributed by atoms with van der Waals surface area (Å²) in [6.45, 7) is 2.90. The molecule has 0 spiro atoms. The Labute approximate surface area is 213 Å². The normalized spacial score (nSPS) is 17.1. The third kappa shape index (κ3) is 4.80. The molecule has 3 aromatic carbocycles. The molecule has 0 saturated carbocycles. The van der Waals surface area contributed by atoms with Crippen LogP contribution in [0, 0.1) is 6.92 Å². The van der Waals surface area contributed by atoms with Crippen molar-refractivity contribution in [2.24, 2.45) is 0 Å². The van der Waals surface area contributed by atoms with Crippen molar-refractivity contribution >= 4 is 37.7 Å². The van der Waals surface area contributed by atoms with Gasteiger partial charge in [-0.3, -0.25) is 4.90 Å². The largest absolute Gasteiger partial charge is 0.457 e. The first-order chi connectivity index (χ1) is 16.8. The summed E-state index contributed by atoms with van der Waals surface area (Å²) in [5, 5.41) is 0. The Morgan fingerprint density at radius 2 is 1.57 bits per heavy atom. The molecule has 1 fully saturated rings. The lowest BCUT2D eigenvalue weighted by atomic mass is 10.00. The van der Waals surface area contributed by atoms with Gasteiger partial charge in [0.2, 0.25) is 10.0 Å². The second kappa shape index (κ2) is 9.64. The number of para-hydroxylation sites is 1. The molecule has 1 amide bonds. The minimum atomic E-state index is -3.66. The fourth-order valence-corrected chi connectivity index (χ4v) is 6.36. The molecule has 35 heavy (non-hydrogen) atoms. The van der Waals surface area contributed by atoms with Gasteiger partial charge in [0.1, 0.15) is 18.1 Å². The van der Waals surface area contributed by atoms with Gasteiger partial charge in [-0.1, -0.05) is 34.1 Å². The second-order valence-electron chi connectivity index (χ2n) is 8.67. The quantitative estimate of drug-likeness (QED) is 0.393. The number of fused-ring (bicyclic) bond motifs is 1. The highest BCUT2D eigenvalue weighted by molar-refractivity contribution is 9.10. The third-order valence-corrected chi connectivity index (χ3v) is 8.85. The lowest BCUT2D eigenvalue weighted by molar-refractivity contribution is 0.135. The number of amides is 1. The smallest absolute Gasteiger partial charge is 0.414 e.